The average molecular weight is 571 g/mol. The van der Waals surface area contributed by atoms with Gasteiger partial charge in [0.15, 0.2) is 0 Å². The topological polar surface area (TPSA) is 65.0 Å². The Morgan fingerprint density at radius 2 is 1.02 bits per heavy atom. The maximum Gasteiger partial charge on any atom is 0.308 e. The molecule has 2 unspecified atom stereocenters. The predicted octanol–water partition coefficient (Wildman–Crippen LogP) is 2.56. The molecule has 0 radical (unpaired) electrons. The van der Waals surface area contributed by atoms with Crippen LogP contribution in [0.25, 0.3) is 0 Å². The van der Waals surface area contributed by atoms with Crippen LogP contribution in [0.4, 0.5) is 0 Å². The molecule has 4 aromatic rings. The van der Waals surface area contributed by atoms with E-state index in [1.54, 1.807) is 0 Å². The minimum absolute atomic E-state index is 0.0142. The summed E-state index contributed by atoms with van der Waals surface area (Å²) in [5.41, 5.74) is 0. The van der Waals surface area contributed by atoms with Crippen LogP contribution in [0, 0.1) is 0 Å². The number of benzene rings is 4. The Morgan fingerprint density at radius 1 is 0.650 bits per heavy atom. The van der Waals surface area contributed by atoms with E-state index in [0.717, 1.165) is 10.4 Å². The fourth-order valence-corrected chi connectivity index (χ4v) is 9.78. The van der Waals surface area contributed by atoms with E-state index >= 15 is 0 Å². The summed E-state index contributed by atoms with van der Waals surface area (Å²) in [4.78, 5) is 12.7. The van der Waals surface area contributed by atoms with Gasteiger partial charge in [-0.15, -0.1) is 0 Å². The number of carbonyl (C=O) groups is 1. The molecule has 0 bridgehead atoms. The molecule has 40 heavy (non-hydrogen) atoms. The molecule has 0 saturated heterocycles. The molecule has 208 valence electrons. The molecule has 0 aromatic heterocycles. The zero-order valence-corrected chi connectivity index (χ0v) is 25.3. The van der Waals surface area contributed by atoms with E-state index in [0.29, 0.717) is 19.4 Å². The van der Waals surface area contributed by atoms with Crippen molar-refractivity contribution in [3.05, 3.63) is 121 Å². The highest BCUT2D eigenvalue weighted by Gasteiger charge is 2.29. The Kier molecular flexibility index (Phi) is 11.9. The number of rotatable bonds is 15. The highest BCUT2D eigenvalue weighted by Crippen LogP contribution is 2.17. The second-order valence-corrected chi connectivity index (χ2v) is 14.4. The van der Waals surface area contributed by atoms with Gasteiger partial charge in [-0.25, -0.2) is 0 Å². The lowest BCUT2D eigenvalue weighted by Gasteiger charge is -2.30. The van der Waals surface area contributed by atoms with Crippen molar-refractivity contribution in [2.75, 3.05) is 13.2 Å². The fraction of sp³-hybridized carbons (Fsp3) is 0.242. The molecular formula is C33H38O5Si2. The van der Waals surface area contributed by atoms with Crippen molar-refractivity contribution in [3.8, 4) is 0 Å². The van der Waals surface area contributed by atoms with Gasteiger partial charge in [0.1, 0.15) is 0 Å². The quantitative estimate of drug-likeness (QED) is 0.176. The third-order valence-electron chi connectivity index (χ3n) is 6.74. The Balaban J connectivity index is 1.63. The van der Waals surface area contributed by atoms with Crippen molar-refractivity contribution in [1.29, 1.82) is 0 Å². The lowest BCUT2D eigenvalue weighted by atomic mass is 10.1. The summed E-state index contributed by atoms with van der Waals surface area (Å²) in [5.74, 6) is -0.288. The molecule has 0 amide bonds. The summed E-state index contributed by atoms with van der Waals surface area (Å²) < 4.78 is 19.1. The van der Waals surface area contributed by atoms with Crippen molar-refractivity contribution < 1.29 is 23.5 Å². The number of ether oxygens (including phenoxy) is 1. The van der Waals surface area contributed by atoms with Gasteiger partial charge in [-0.2, -0.15) is 0 Å². The molecule has 0 aliphatic carbocycles. The lowest BCUT2D eigenvalue weighted by molar-refractivity contribution is -0.145. The summed E-state index contributed by atoms with van der Waals surface area (Å²) in [6.07, 6.45) is 0.350. The van der Waals surface area contributed by atoms with Crippen LogP contribution in [0.3, 0.4) is 0 Å². The Hall–Kier alpha value is -3.34. The lowest BCUT2D eigenvalue weighted by Crippen LogP contribution is -2.50. The van der Waals surface area contributed by atoms with Gasteiger partial charge >= 0.3 is 5.97 Å². The van der Waals surface area contributed by atoms with Gasteiger partial charge < -0.3 is 18.7 Å². The number of esters is 1. The van der Waals surface area contributed by atoms with Gasteiger partial charge in [-0.05, 0) is 40.5 Å². The van der Waals surface area contributed by atoms with Crippen LogP contribution in [0.1, 0.15) is 26.2 Å². The van der Waals surface area contributed by atoms with Crippen LogP contribution in [-0.2, 0) is 18.4 Å². The average Bonchev–Trinajstić information content (AvgIpc) is 3.00. The smallest absolute Gasteiger partial charge is 0.308 e. The van der Waals surface area contributed by atoms with Gasteiger partial charge in [-0.3, -0.25) is 4.79 Å². The molecule has 5 nitrogen and oxygen atoms in total. The minimum atomic E-state index is -2.14. The van der Waals surface area contributed by atoms with E-state index in [2.05, 4.69) is 48.5 Å². The molecular weight excluding hydrogens is 533 g/mol. The summed E-state index contributed by atoms with van der Waals surface area (Å²) in [6.45, 7) is 2.12. The molecule has 0 heterocycles. The summed E-state index contributed by atoms with van der Waals surface area (Å²) in [7, 11) is -4.21. The highest BCUT2D eigenvalue weighted by molar-refractivity contribution is 6.80. The highest BCUT2D eigenvalue weighted by atomic mass is 28.3. The number of hydrogen-bond donors (Lipinski definition) is 1. The first-order valence-electron chi connectivity index (χ1n) is 13.9. The Bertz CT molecular complexity index is 1180. The minimum Gasteiger partial charge on any atom is -0.466 e. The molecule has 0 spiro atoms. The van der Waals surface area contributed by atoms with Crippen LogP contribution < -0.4 is 20.7 Å². The van der Waals surface area contributed by atoms with Crippen molar-refractivity contribution in [2.24, 2.45) is 0 Å². The van der Waals surface area contributed by atoms with Gasteiger partial charge in [-0.1, -0.05) is 121 Å². The number of carbonyl (C=O) groups excluding carboxylic acids is 1. The van der Waals surface area contributed by atoms with Gasteiger partial charge in [0.2, 0.25) is 18.1 Å². The van der Waals surface area contributed by atoms with E-state index in [1.165, 1.54) is 10.4 Å². The number of aliphatic hydroxyl groups is 1. The molecule has 0 fully saturated rings. The summed E-state index contributed by atoms with van der Waals surface area (Å²) >= 11 is 0. The van der Waals surface area contributed by atoms with E-state index < -0.39 is 24.2 Å². The maximum absolute atomic E-state index is 12.7. The van der Waals surface area contributed by atoms with E-state index in [9.17, 15) is 9.90 Å². The molecule has 4 rings (SSSR count). The van der Waals surface area contributed by atoms with Crippen LogP contribution in [0.2, 0.25) is 0 Å². The summed E-state index contributed by atoms with van der Waals surface area (Å²) in [6, 6.07) is 41.1. The standard InChI is InChI=1S/C33H38O5Si2/c1-2-36-33(35)26-28(38-40(31-19-11-5-12-20-31)32-21-13-6-14-22-32)25-27(23-24-34)37-39(29-15-7-3-8-16-29)30-17-9-4-10-18-30/h3-22,27-28,34,39-40H,2,23-26H2,1H3. The SMILES string of the molecule is CCOC(=O)CC(CC(CCO)O[SiH](c1ccccc1)c1ccccc1)O[SiH](c1ccccc1)c1ccccc1. The van der Waals surface area contributed by atoms with E-state index in [4.69, 9.17) is 13.6 Å². The number of aliphatic hydroxyl groups excluding tert-OH is 1. The first kappa shape index (κ1) is 29.6. The largest absolute Gasteiger partial charge is 0.466 e. The van der Waals surface area contributed by atoms with Crippen molar-refractivity contribution in [2.45, 2.75) is 38.4 Å². The van der Waals surface area contributed by atoms with Crippen LogP contribution >= 0.6 is 0 Å². The van der Waals surface area contributed by atoms with E-state index in [-0.39, 0.29) is 25.1 Å². The fourth-order valence-electron chi connectivity index (χ4n) is 4.87. The van der Waals surface area contributed by atoms with Gasteiger partial charge in [0, 0.05) is 6.61 Å². The Morgan fingerprint density at radius 3 is 1.38 bits per heavy atom. The molecule has 0 saturated carbocycles. The normalized spacial score (nSPS) is 12.8. The maximum atomic E-state index is 12.7. The second kappa shape index (κ2) is 16.1. The second-order valence-electron chi connectivity index (χ2n) is 9.68. The first-order valence-corrected chi connectivity index (χ1v) is 17.2. The van der Waals surface area contributed by atoms with Crippen LogP contribution in [0.15, 0.2) is 121 Å². The summed E-state index contributed by atoms with van der Waals surface area (Å²) in [5, 5.41) is 14.6. The van der Waals surface area contributed by atoms with Crippen LogP contribution in [-0.4, -0.2) is 54.6 Å². The molecule has 7 heteroatoms. The van der Waals surface area contributed by atoms with Crippen molar-refractivity contribution >= 4 is 44.8 Å². The van der Waals surface area contributed by atoms with Crippen LogP contribution in [0.5, 0.6) is 0 Å². The zero-order valence-electron chi connectivity index (χ0n) is 23.0. The van der Waals surface area contributed by atoms with Gasteiger partial charge in [0.05, 0.1) is 25.2 Å². The molecule has 0 aliphatic rings. The Labute approximate surface area is 240 Å². The molecule has 2 atom stereocenters. The predicted molar refractivity (Wildman–Crippen MR) is 166 cm³/mol. The first-order chi connectivity index (χ1) is 19.7. The molecule has 0 aliphatic heterocycles. The van der Waals surface area contributed by atoms with Crippen molar-refractivity contribution in [1.82, 2.24) is 0 Å². The van der Waals surface area contributed by atoms with Gasteiger partial charge in [0.25, 0.3) is 0 Å². The zero-order chi connectivity index (χ0) is 28.0. The third kappa shape index (κ3) is 8.84. The van der Waals surface area contributed by atoms with E-state index in [1.807, 2.05) is 79.7 Å². The third-order valence-corrected chi connectivity index (χ3v) is 12.0. The molecule has 4 aromatic carbocycles. The number of hydrogen-bond acceptors (Lipinski definition) is 5. The monoisotopic (exact) mass is 570 g/mol. The molecule has 1 N–H and O–H groups in total. The van der Waals surface area contributed by atoms with Crippen molar-refractivity contribution in [3.63, 3.8) is 0 Å².